The van der Waals surface area contributed by atoms with E-state index in [0.29, 0.717) is 27.6 Å². The number of hydrogen-bond acceptors (Lipinski definition) is 4. The fraction of sp³-hybridized carbons (Fsp3) is 0.100. The minimum absolute atomic E-state index is 0.0813. The Balaban J connectivity index is 1.56. The molecule has 41 heavy (non-hydrogen) atoms. The first-order valence-electron chi connectivity index (χ1n) is 12.4. The predicted octanol–water partition coefficient (Wildman–Crippen LogP) is 5.11. The Kier molecular flexibility index (Phi) is 7.43. The number of pyridine rings is 1. The van der Waals surface area contributed by atoms with Crippen molar-refractivity contribution in [2.45, 2.75) is 18.9 Å². The molecule has 11 heteroatoms. The number of nitrogens with zero attached hydrogens (tertiary/aromatic N) is 1. The van der Waals surface area contributed by atoms with Crippen molar-refractivity contribution in [3.8, 4) is 11.1 Å². The number of benzene rings is 3. The van der Waals surface area contributed by atoms with Crippen molar-refractivity contribution in [1.29, 1.82) is 0 Å². The number of nitrogen functional groups attached to an aromatic ring is 1. The van der Waals surface area contributed by atoms with Crippen LogP contribution in [0.1, 0.15) is 33.2 Å². The van der Waals surface area contributed by atoms with Gasteiger partial charge in [0, 0.05) is 28.7 Å². The fourth-order valence-corrected chi connectivity index (χ4v) is 4.78. The average molecular weight is 562 g/mol. The van der Waals surface area contributed by atoms with E-state index in [2.05, 4.69) is 15.3 Å². The Morgan fingerprint density at radius 3 is 2.39 bits per heavy atom. The highest BCUT2D eigenvalue weighted by Crippen LogP contribution is 2.32. The molecule has 0 radical (unpaired) electrons. The molecule has 5 aromatic rings. The molecule has 0 bridgehead atoms. The summed E-state index contributed by atoms with van der Waals surface area (Å²) in [4.78, 5) is 32.5. The van der Waals surface area contributed by atoms with E-state index in [1.165, 1.54) is 30.3 Å². The van der Waals surface area contributed by atoms with Crippen molar-refractivity contribution in [2.24, 2.45) is 5.73 Å². The smallest absolute Gasteiger partial charge is 0.251 e. The summed E-state index contributed by atoms with van der Waals surface area (Å²) >= 11 is 0. The zero-order chi connectivity index (χ0) is 29.3. The van der Waals surface area contributed by atoms with Crippen LogP contribution in [0.2, 0.25) is 0 Å². The van der Waals surface area contributed by atoms with Crippen LogP contribution < -0.4 is 16.8 Å². The Morgan fingerprint density at radius 2 is 1.66 bits per heavy atom. The normalized spacial score (nSPS) is 11.9. The van der Waals surface area contributed by atoms with Crippen molar-refractivity contribution in [3.05, 3.63) is 119 Å². The molecule has 0 aliphatic carbocycles. The number of hydrogen-bond donors (Lipinski definition) is 4. The van der Waals surface area contributed by atoms with Crippen LogP contribution in [0, 0.1) is 23.3 Å². The first-order chi connectivity index (χ1) is 19.6. The topological polar surface area (TPSA) is 127 Å². The quantitative estimate of drug-likeness (QED) is 0.196. The molecular weight excluding hydrogens is 538 g/mol. The molecule has 0 aliphatic heterocycles. The Morgan fingerprint density at radius 1 is 0.902 bits per heavy atom. The third-order valence-electron chi connectivity index (χ3n) is 6.60. The zero-order valence-electron chi connectivity index (χ0n) is 21.4. The van der Waals surface area contributed by atoms with Gasteiger partial charge in [0.05, 0.1) is 23.7 Å². The maximum Gasteiger partial charge on any atom is 0.251 e. The lowest BCUT2D eigenvalue weighted by atomic mass is 9.94. The van der Waals surface area contributed by atoms with Crippen LogP contribution in [-0.4, -0.2) is 21.8 Å². The fourth-order valence-electron chi connectivity index (χ4n) is 4.78. The van der Waals surface area contributed by atoms with Crippen LogP contribution in [0.4, 0.5) is 23.4 Å². The van der Waals surface area contributed by atoms with Crippen LogP contribution in [0.5, 0.6) is 0 Å². The summed E-state index contributed by atoms with van der Waals surface area (Å²) in [5, 5.41) is 3.37. The Hall–Kier alpha value is -5.19. The number of nitrogens with one attached hydrogen (secondary N) is 2. The molecule has 0 spiro atoms. The van der Waals surface area contributed by atoms with Crippen LogP contribution in [0.25, 0.3) is 22.0 Å². The molecule has 0 fully saturated rings. The molecule has 0 unspecified atom stereocenters. The zero-order valence-corrected chi connectivity index (χ0v) is 21.4. The van der Waals surface area contributed by atoms with Crippen molar-refractivity contribution >= 4 is 28.5 Å². The van der Waals surface area contributed by atoms with Gasteiger partial charge < -0.3 is 21.8 Å². The average Bonchev–Trinajstić information content (AvgIpc) is 3.29. The maximum absolute atomic E-state index is 14.2. The molecule has 0 aliphatic rings. The van der Waals surface area contributed by atoms with E-state index < -0.39 is 41.1 Å². The predicted molar refractivity (Wildman–Crippen MR) is 145 cm³/mol. The van der Waals surface area contributed by atoms with Crippen molar-refractivity contribution in [1.82, 2.24) is 15.3 Å². The van der Waals surface area contributed by atoms with E-state index in [1.54, 1.807) is 18.3 Å². The maximum atomic E-state index is 14.2. The number of anilines is 1. The van der Waals surface area contributed by atoms with Crippen molar-refractivity contribution < 1.29 is 27.2 Å². The molecule has 1 atom stereocenters. The third-order valence-corrected chi connectivity index (χ3v) is 6.60. The third kappa shape index (κ3) is 6.03. The van der Waals surface area contributed by atoms with E-state index in [4.69, 9.17) is 11.5 Å². The van der Waals surface area contributed by atoms with E-state index in [1.807, 2.05) is 0 Å². The molecule has 2 heterocycles. The molecule has 0 saturated heterocycles. The molecule has 2 amide bonds. The number of H-pyrrole nitrogens is 1. The first-order valence-corrected chi connectivity index (χ1v) is 12.4. The van der Waals surface area contributed by atoms with Gasteiger partial charge in [-0.1, -0.05) is 6.07 Å². The van der Waals surface area contributed by atoms with Crippen LogP contribution in [0.15, 0.2) is 72.9 Å². The van der Waals surface area contributed by atoms with Crippen LogP contribution in [0.3, 0.4) is 0 Å². The second-order valence-corrected chi connectivity index (χ2v) is 9.51. The minimum atomic E-state index is -0.982. The largest absolute Gasteiger partial charge is 0.384 e. The van der Waals surface area contributed by atoms with Gasteiger partial charge in [-0.15, -0.1) is 0 Å². The van der Waals surface area contributed by atoms with Crippen molar-refractivity contribution in [2.75, 3.05) is 5.73 Å². The van der Waals surface area contributed by atoms with E-state index >= 15 is 0 Å². The van der Waals surface area contributed by atoms with E-state index in [0.717, 1.165) is 24.3 Å². The van der Waals surface area contributed by atoms with Crippen LogP contribution in [-0.2, 0) is 17.6 Å². The van der Waals surface area contributed by atoms with Gasteiger partial charge >= 0.3 is 0 Å². The molecule has 0 saturated carbocycles. The van der Waals surface area contributed by atoms with Gasteiger partial charge in [-0.05, 0) is 77.7 Å². The standard InChI is InChI=1S/C30H23F4N5O2/c31-18-2-5-25-22(13-18)17(14-37-25)11-28(40)38-26(9-15-7-19(32)12-20(33)8-15)29-21(3-6-27(35)39-29)16-1-4-24(34)23(10-16)30(36)41/h1-8,10,12-14,26,37H,9,11H2,(H2,35,39)(H2,36,41)(H,38,40)/t26-/m0/s1. The summed E-state index contributed by atoms with van der Waals surface area (Å²) in [7, 11) is 0. The number of rotatable bonds is 8. The SMILES string of the molecule is NC(=O)c1cc(-c2ccc(N)nc2[C@H](Cc2cc(F)cc(F)c2)NC(=O)Cc2c[nH]c3ccc(F)cc23)ccc1F. The van der Waals surface area contributed by atoms with E-state index in [9.17, 15) is 27.2 Å². The second-order valence-electron chi connectivity index (χ2n) is 9.51. The number of primary amides is 1. The van der Waals surface area contributed by atoms with Crippen LogP contribution >= 0.6 is 0 Å². The summed E-state index contributed by atoms with van der Waals surface area (Å²) < 4.78 is 56.2. The summed E-state index contributed by atoms with van der Waals surface area (Å²) in [6.45, 7) is 0. The minimum Gasteiger partial charge on any atom is -0.384 e. The molecular formula is C30H23F4N5O2. The number of carbonyl (C=O) groups excluding carboxylic acids is 2. The molecule has 6 N–H and O–H groups in total. The summed E-state index contributed by atoms with van der Waals surface area (Å²) in [6.07, 6.45) is 1.34. The molecule has 5 rings (SSSR count). The Labute approximate surface area is 231 Å². The first kappa shape index (κ1) is 27.4. The monoisotopic (exact) mass is 561 g/mol. The molecule has 7 nitrogen and oxygen atoms in total. The van der Waals surface area contributed by atoms with E-state index in [-0.39, 0.29) is 35.5 Å². The number of aromatic amines is 1. The summed E-state index contributed by atoms with van der Waals surface area (Å²) in [5.41, 5.74) is 13.3. The highest BCUT2D eigenvalue weighted by atomic mass is 19.1. The lowest BCUT2D eigenvalue weighted by molar-refractivity contribution is -0.121. The highest BCUT2D eigenvalue weighted by Gasteiger charge is 2.24. The number of halogens is 4. The van der Waals surface area contributed by atoms with Gasteiger partial charge in [-0.3, -0.25) is 9.59 Å². The Bertz CT molecular complexity index is 1780. The number of fused-ring (bicyclic) bond motifs is 1. The molecule has 208 valence electrons. The molecule has 2 aromatic heterocycles. The summed E-state index contributed by atoms with van der Waals surface area (Å²) in [5.74, 6) is -4.30. The van der Waals surface area contributed by atoms with Crippen molar-refractivity contribution in [3.63, 3.8) is 0 Å². The van der Waals surface area contributed by atoms with Gasteiger partial charge in [-0.25, -0.2) is 22.5 Å². The summed E-state index contributed by atoms with van der Waals surface area (Å²) in [6, 6.07) is 12.9. The van der Waals surface area contributed by atoms with Gasteiger partial charge in [0.15, 0.2) is 0 Å². The number of amides is 2. The van der Waals surface area contributed by atoms with Gasteiger partial charge in [0.1, 0.15) is 29.1 Å². The lowest BCUT2D eigenvalue weighted by Gasteiger charge is -2.22. The molecule has 3 aromatic carbocycles. The van der Waals surface area contributed by atoms with Gasteiger partial charge in [-0.2, -0.15) is 0 Å². The second kappa shape index (κ2) is 11.1. The lowest BCUT2D eigenvalue weighted by Crippen LogP contribution is -2.32. The van der Waals surface area contributed by atoms with Gasteiger partial charge in [0.2, 0.25) is 5.91 Å². The highest BCUT2D eigenvalue weighted by molar-refractivity contribution is 5.94. The number of carbonyl (C=O) groups is 2. The number of nitrogens with two attached hydrogens (primary N) is 2. The van der Waals surface area contributed by atoms with Gasteiger partial charge in [0.25, 0.3) is 5.91 Å². The number of aromatic nitrogens is 2.